The van der Waals surface area contributed by atoms with Crippen molar-refractivity contribution in [1.82, 2.24) is 30.1 Å². The summed E-state index contributed by atoms with van der Waals surface area (Å²) in [5, 5.41) is 5.84. The average molecular weight is 845 g/mol. The number of piperidine rings is 1. The highest BCUT2D eigenvalue weighted by Gasteiger charge is 2.62. The van der Waals surface area contributed by atoms with Gasteiger partial charge in [0.1, 0.15) is 11.6 Å². The third-order valence-corrected chi connectivity index (χ3v) is 14.4. The zero-order valence-electron chi connectivity index (χ0n) is 33.3. The van der Waals surface area contributed by atoms with E-state index in [-0.39, 0.29) is 38.9 Å². The highest BCUT2D eigenvalue weighted by atomic mass is 32.2. The first-order valence-electron chi connectivity index (χ1n) is 21.0. The first-order chi connectivity index (χ1) is 28.7. The van der Waals surface area contributed by atoms with Crippen molar-refractivity contribution in [1.29, 1.82) is 0 Å². The van der Waals surface area contributed by atoms with E-state index in [2.05, 4.69) is 15.4 Å². The van der Waals surface area contributed by atoms with Gasteiger partial charge in [0, 0.05) is 67.7 Å². The summed E-state index contributed by atoms with van der Waals surface area (Å²) < 4.78 is 56.0. The van der Waals surface area contributed by atoms with Gasteiger partial charge in [-0.1, -0.05) is 73.5 Å². The van der Waals surface area contributed by atoms with E-state index in [0.717, 1.165) is 18.4 Å². The predicted octanol–water partition coefficient (Wildman–Crippen LogP) is 4.87. The van der Waals surface area contributed by atoms with Crippen molar-refractivity contribution in [2.45, 2.75) is 106 Å². The van der Waals surface area contributed by atoms with E-state index < -0.39 is 93.0 Å². The number of allylic oxidation sites excluding steroid dienone is 1. The molecule has 2 saturated carbocycles. The zero-order chi connectivity index (χ0) is 42.2. The van der Waals surface area contributed by atoms with Crippen LogP contribution in [0.5, 0.6) is 0 Å². The SMILES string of the molecule is O=C(N[C@@H]1C[C@H]2C(=O)N[C@]3(C(=O)NS(=O)(=O)C4CC4)C[C@H]3/C=C\CCCCC[C@H](CC(=O)N3CCC(F)(F)CC3)C(=O)N2C1)c1cc(-c2ccccc2)nc2ccccc12. The molecular formula is C44H50F2N6O7S. The van der Waals surface area contributed by atoms with Gasteiger partial charge in [0.05, 0.1) is 22.0 Å². The van der Waals surface area contributed by atoms with E-state index in [1.165, 1.54) is 9.80 Å². The first-order valence-corrected chi connectivity index (χ1v) is 22.5. The van der Waals surface area contributed by atoms with Crippen molar-refractivity contribution in [3.05, 3.63) is 78.4 Å². The topological polar surface area (TPSA) is 175 Å². The number of sulfonamides is 1. The number of hydrogen-bond donors (Lipinski definition) is 3. The molecule has 2 aromatic carbocycles. The molecule has 3 aromatic rings. The molecule has 318 valence electrons. The summed E-state index contributed by atoms with van der Waals surface area (Å²) in [6.45, 7) is -0.338. The van der Waals surface area contributed by atoms with Crippen LogP contribution in [0.3, 0.4) is 0 Å². The maximum Gasteiger partial charge on any atom is 0.259 e. The Morgan fingerprint density at radius 2 is 1.67 bits per heavy atom. The van der Waals surface area contributed by atoms with Gasteiger partial charge in [-0.15, -0.1) is 0 Å². The van der Waals surface area contributed by atoms with Gasteiger partial charge in [0.2, 0.25) is 27.7 Å². The molecule has 5 aliphatic rings. The lowest BCUT2D eigenvalue weighted by Crippen LogP contribution is -2.57. The summed E-state index contributed by atoms with van der Waals surface area (Å²) in [6.07, 6.45) is 6.63. The van der Waals surface area contributed by atoms with Gasteiger partial charge in [-0.25, -0.2) is 22.2 Å². The van der Waals surface area contributed by atoms with Gasteiger partial charge in [-0.05, 0) is 57.1 Å². The zero-order valence-corrected chi connectivity index (χ0v) is 34.1. The second kappa shape index (κ2) is 16.7. The van der Waals surface area contributed by atoms with Crippen LogP contribution in [0, 0.1) is 11.8 Å². The molecule has 3 N–H and O–H groups in total. The van der Waals surface area contributed by atoms with Gasteiger partial charge in [0.15, 0.2) is 0 Å². The molecule has 5 amide bonds. The lowest BCUT2D eigenvalue weighted by atomic mass is 9.94. The van der Waals surface area contributed by atoms with Crippen LogP contribution < -0.4 is 15.4 Å². The predicted molar refractivity (Wildman–Crippen MR) is 219 cm³/mol. The van der Waals surface area contributed by atoms with Crippen LogP contribution in [0.2, 0.25) is 0 Å². The number of amides is 5. The highest BCUT2D eigenvalue weighted by molar-refractivity contribution is 7.91. The number of fused-ring (bicyclic) bond motifs is 3. The Morgan fingerprint density at radius 1 is 0.933 bits per heavy atom. The number of benzene rings is 2. The maximum atomic E-state index is 14.7. The number of carbonyl (C=O) groups is 5. The van der Waals surface area contributed by atoms with E-state index in [0.29, 0.717) is 54.3 Å². The average Bonchev–Trinajstić information content (AvgIpc) is 4.16. The van der Waals surface area contributed by atoms with E-state index in [4.69, 9.17) is 4.98 Å². The molecule has 0 spiro atoms. The number of para-hydroxylation sites is 1. The van der Waals surface area contributed by atoms with Crippen LogP contribution in [0.4, 0.5) is 8.78 Å². The molecule has 8 rings (SSSR count). The first kappa shape index (κ1) is 41.5. The Balaban J connectivity index is 1.09. The fraction of sp³-hybridized carbons (Fsp3) is 0.500. The fourth-order valence-electron chi connectivity index (χ4n) is 8.84. The number of nitrogens with one attached hydrogen (secondary N) is 3. The monoisotopic (exact) mass is 844 g/mol. The standard InChI is InChI=1S/C44H50F2N6O7S/c45-43(46)19-21-51(22-20-43)38(53)23-29-13-5-2-1-3-8-14-30-26-44(30,42(57)50-60(58,59)32-17-18-32)49-40(55)37-24-31(27-52(37)41(29)56)47-39(54)34-25-36(28-11-6-4-7-12-28)48-35-16-10-9-15-33(34)35/h4,6-12,14-16,25,29-32,37H,1-3,5,13,17-24,26-27H2,(H,47,54)(H,49,55)(H,50,57)/b14-8-/t29-,30-,31-,37+,44-/m1/s1. The van der Waals surface area contributed by atoms with Crippen LogP contribution in [0.25, 0.3) is 22.2 Å². The minimum atomic E-state index is -3.95. The van der Waals surface area contributed by atoms with Crippen molar-refractivity contribution in [2.24, 2.45) is 11.8 Å². The molecule has 4 fully saturated rings. The lowest BCUT2D eigenvalue weighted by molar-refractivity contribution is -0.147. The summed E-state index contributed by atoms with van der Waals surface area (Å²) in [5.74, 6) is -7.09. The summed E-state index contributed by atoms with van der Waals surface area (Å²) in [6, 6.07) is 16.4. The van der Waals surface area contributed by atoms with Crippen LogP contribution in [-0.2, 0) is 29.2 Å². The summed E-state index contributed by atoms with van der Waals surface area (Å²) in [7, 11) is -3.95. The summed E-state index contributed by atoms with van der Waals surface area (Å²) in [4.78, 5) is 78.5. The van der Waals surface area contributed by atoms with E-state index >= 15 is 0 Å². The Morgan fingerprint density at radius 3 is 2.42 bits per heavy atom. The fourth-order valence-corrected chi connectivity index (χ4v) is 10.2. The van der Waals surface area contributed by atoms with Crippen molar-refractivity contribution in [2.75, 3.05) is 19.6 Å². The quantitative estimate of drug-likeness (QED) is 0.270. The largest absolute Gasteiger partial charge is 0.347 e. The molecule has 2 aliphatic carbocycles. The van der Waals surface area contributed by atoms with Gasteiger partial charge in [-0.2, -0.15) is 0 Å². The summed E-state index contributed by atoms with van der Waals surface area (Å²) in [5.41, 5.74) is 0.763. The van der Waals surface area contributed by atoms with Crippen LogP contribution in [0.15, 0.2) is 72.8 Å². The number of aromatic nitrogens is 1. The van der Waals surface area contributed by atoms with Crippen LogP contribution in [-0.4, -0.2) is 101 Å². The Labute approximate surface area is 347 Å². The second-order valence-corrected chi connectivity index (χ2v) is 19.0. The number of carbonyl (C=O) groups excluding carboxylic acids is 5. The van der Waals surface area contributed by atoms with Crippen LogP contribution in [0.1, 0.15) is 87.4 Å². The molecule has 2 saturated heterocycles. The molecule has 0 bridgehead atoms. The maximum absolute atomic E-state index is 14.7. The summed E-state index contributed by atoms with van der Waals surface area (Å²) >= 11 is 0. The molecule has 13 nitrogen and oxygen atoms in total. The number of nitrogens with zero attached hydrogens (tertiary/aromatic N) is 3. The van der Waals surface area contributed by atoms with E-state index in [1.807, 2.05) is 54.6 Å². The third kappa shape index (κ3) is 8.93. The Kier molecular flexibility index (Phi) is 11.5. The third-order valence-electron chi connectivity index (χ3n) is 12.6. The lowest BCUT2D eigenvalue weighted by Gasteiger charge is -2.33. The van der Waals surface area contributed by atoms with Crippen LogP contribution >= 0.6 is 0 Å². The molecule has 0 unspecified atom stereocenters. The molecular weight excluding hydrogens is 795 g/mol. The molecule has 3 aliphatic heterocycles. The number of rotatable bonds is 8. The Hall–Kier alpha value is -5.25. The highest BCUT2D eigenvalue weighted by Crippen LogP contribution is 2.46. The number of hydrogen-bond acceptors (Lipinski definition) is 8. The molecule has 4 heterocycles. The smallest absolute Gasteiger partial charge is 0.259 e. The number of pyridine rings is 1. The second-order valence-electron chi connectivity index (χ2n) is 17.0. The van der Waals surface area contributed by atoms with Crippen molar-refractivity contribution >= 4 is 50.5 Å². The number of likely N-dealkylation sites (tertiary alicyclic amines) is 1. The normalized spacial score (nSPS) is 27.7. The molecule has 1 aromatic heterocycles. The van der Waals surface area contributed by atoms with Gasteiger partial charge in [-0.3, -0.25) is 28.7 Å². The minimum Gasteiger partial charge on any atom is -0.347 e. The molecule has 16 heteroatoms. The molecule has 5 atom stereocenters. The van der Waals surface area contributed by atoms with Gasteiger partial charge in [0.25, 0.3) is 17.7 Å². The van der Waals surface area contributed by atoms with Gasteiger partial charge < -0.3 is 20.4 Å². The molecule has 0 radical (unpaired) electrons. The number of alkyl halides is 2. The van der Waals surface area contributed by atoms with Crippen molar-refractivity contribution in [3.8, 4) is 11.3 Å². The van der Waals surface area contributed by atoms with Crippen molar-refractivity contribution in [3.63, 3.8) is 0 Å². The van der Waals surface area contributed by atoms with E-state index in [1.54, 1.807) is 18.2 Å². The number of halogens is 2. The Bertz CT molecular complexity index is 2310. The van der Waals surface area contributed by atoms with Gasteiger partial charge >= 0.3 is 0 Å². The molecule has 60 heavy (non-hydrogen) atoms. The minimum absolute atomic E-state index is 0.0294. The van der Waals surface area contributed by atoms with Crippen molar-refractivity contribution < 1.29 is 41.2 Å². The van der Waals surface area contributed by atoms with E-state index in [9.17, 15) is 41.2 Å².